The molecule has 0 radical (unpaired) electrons. The molecule has 0 saturated carbocycles. The molecule has 1 fully saturated rings. The number of rotatable bonds is 3. The SMILES string of the molecule is CC1CCCN(c2ccnc(C(=O)Nc3ccc(F)c(F)c3)c2)C1. The number of piperidine rings is 1. The van der Waals surface area contributed by atoms with Crippen LogP contribution in [-0.4, -0.2) is 24.0 Å². The number of hydrogen-bond acceptors (Lipinski definition) is 3. The second kappa shape index (κ2) is 6.95. The van der Waals surface area contributed by atoms with Gasteiger partial charge in [0, 0.05) is 36.7 Å². The summed E-state index contributed by atoms with van der Waals surface area (Å²) in [7, 11) is 0. The Kier molecular flexibility index (Phi) is 4.74. The Labute approximate surface area is 139 Å². The molecule has 1 aliphatic heterocycles. The number of pyridine rings is 1. The van der Waals surface area contributed by atoms with Crippen LogP contribution in [0.5, 0.6) is 0 Å². The van der Waals surface area contributed by atoms with E-state index in [4.69, 9.17) is 0 Å². The summed E-state index contributed by atoms with van der Waals surface area (Å²) in [6, 6.07) is 6.85. The summed E-state index contributed by atoms with van der Waals surface area (Å²) in [5.74, 6) is -1.79. The van der Waals surface area contributed by atoms with Gasteiger partial charge >= 0.3 is 0 Å². The van der Waals surface area contributed by atoms with E-state index in [9.17, 15) is 13.6 Å². The summed E-state index contributed by atoms with van der Waals surface area (Å²) in [4.78, 5) is 18.6. The van der Waals surface area contributed by atoms with Crippen LogP contribution in [-0.2, 0) is 0 Å². The van der Waals surface area contributed by atoms with Crippen molar-refractivity contribution in [2.45, 2.75) is 19.8 Å². The number of anilines is 2. The molecule has 3 rings (SSSR count). The fourth-order valence-corrected chi connectivity index (χ4v) is 2.93. The van der Waals surface area contributed by atoms with E-state index >= 15 is 0 Å². The van der Waals surface area contributed by atoms with Gasteiger partial charge in [-0.25, -0.2) is 8.78 Å². The van der Waals surface area contributed by atoms with Crippen molar-refractivity contribution in [3.05, 3.63) is 53.9 Å². The lowest BCUT2D eigenvalue weighted by molar-refractivity contribution is 0.102. The Morgan fingerprint density at radius 1 is 1.25 bits per heavy atom. The number of amides is 1. The number of carbonyl (C=O) groups excluding carboxylic acids is 1. The lowest BCUT2D eigenvalue weighted by Gasteiger charge is -2.32. The molecule has 1 saturated heterocycles. The Morgan fingerprint density at radius 3 is 2.83 bits per heavy atom. The highest BCUT2D eigenvalue weighted by Crippen LogP contribution is 2.23. The van der Waals surface area contributed by atoms with E-state index in [1.165, 1.54) is 12.5 Å². The fourth-order valence-electron chi connectivity index (χ4n) is 2.93. The third kappa shape index (κ3) is 3.69. The molecule has 1 N–H and O–H groups in total. The zero-order valence-corrected chi connectivity index (χ0v) is 13.4. The fraction of sp³-hybridized carbons (Fsp3) is 0.333. The van der Waals surface area contributed by atoms with Crippen LogP contribution in [0.4, 0.5) is 20.2 Å². The van der Waals surface area contributed by atoms with Gasteiger partial charge in [0.15, 0.2) is 11.6 Å². The number of benzene rings is 1. The van der Waals surface area contributed by atoms with Gasteiger partial charge in [-0.1, -0.05) is 6.92 Å². The van der Waals surface area contributed by atoms with Crippen molar-refractivity contribution < 1.29 is 13.6 Å². The highest BCUT2D eigenvalue weighted by molar-refractivity contribution is 6.03. The molecule has 24 heavy (non-hydrogen) atoms. The smallest absolute Gasteiger partial charge is 0.274 e. The molecule has 0 bridgehead atoms. The summed E-state index contributed by atoms with van der Waals surface area (Å²) in [5, 5.41) is 2.54. The third-order valence-corrected chi connectivity index (χ3v) is 4.18. The Morgan fingerprint density at radius 2 is 2.08 bits per heavy atom. The van der Waals surface area contributed by atoms with Crippen molar-refractivity contribution in [1.29, 1.82) is 0 Å². The molecule has 6 heteroatoms. The Bertz CT molecular complexity index is 751. The second-order valence-electron chi connectivity index (χ2n) is 6.18. The summed E-state index contributed by atoms with van der Waals surface area (Å²) < 4.78 is 26.2. The molecule has 0 aliphatic carbocycles. The molecule has 126 valence electrons. The topological polar surface area (TPSA) is 45.2 Å². The summed E-state index contributed by atoms with van der Waals surface area (Å²) in [6.45, 7) is 4.12. The lowest BCUT2D eigenvalue weighted by Crippen LogP contribution is -2.34. The van der Waals surface area contributed by atoms with E-state index < -0.39 is 17.5 Å². The minimum absolute atomic E-state index is 0.192. The monoisotopic (exact) mass is 331 g/mol. The number of nitrogens with zero attached hydrogens (tertiary/aromatic N) is 2. The molecule has 4 nitrogen and oxygen atoms in total. The van der Waals surface area contributed by atoms with Crippen LogP contribution >= 0.6 is 0 Å². The zero-order chi connectivity index (χ0) is 17.1. The highest BCUT2D eigenvalue weighted by atomic mass is 19.2. The van der Waals surface area contributed by atoms with Gasteiger partial charge in [-0.2, -0.15) is 0 Å². The molecular weight excluding hydrogens is 312 g/mol. The van der Waals surface area contributed by atoms with Gasteiger partial charge in [0.25, 0.3) is 5.91 Å². The van der Waals surface area contributed by atoms with Crippen molar-refractivity contribution in [2.75, 3.05) is 23.3 Å². The molecule has 1 amide bonds. The third-order valence-electron chi connectivity index (χ3n) is 4.18. The second-order valence-corrected chi connectivity index (χ2v) is 6.18. The van der Waals surface area contributed by atoms with Crippen LogP contribution in [0, 0.1) is 17.6 Å². The molecular formula is C18H19F2N3O. The van der Waals surface area contributed by atoms with Crippen molar-refractivity contribution >= 4 is 17.3 Å². The van der Waals surface area contributed by atoms with Crippen molar-refractivity contribution in [3.8, 4) is 0 Å². The van der Waals surface area contributed by atoms with Crippen LogP contribution in [0.3, 0.4) is 0 Å². The maximum atomic E-state index is 13.2. The minimum atomic E-state index is -1.00. The first kappa shape index (κ1) is 16.4. The Balaban J connectivity index is 1.75. The maximum absolute atomic E-state index is 13.2. The summed E-state index contributed by atoms with van der Waals surface area (Å²) in [6.07, 6.45) is 3.93. The summed E-state index contributed by atoms with van der Waals surface area (Å²) >= 11 is 0. The first-order valence-electron chi connectivity index (χ1n) is 8.00. The van der Waals surface area contributed by atoms with Crippen LogP contribution < -0.4 is 10.2 Å². The van der Waals surface area contributed by atoms with Crippen LogP contribution in [0.1, 0.15) is 30.3 Å². The van der Waals surface area contributed by atoms with Gasteiger partial charge < -0.3 is 10.2 Å². The molecule has 1 aromatic carbocycles. The number of carbonyl (C=O) groups is 1. The average Bonchev–Trinajstić information content (AvgIpc) is 2.58. The van der Waals surface area contributed by atoms with Gasteiger partial charge in [-0.3, -0.25) is 9.78 Å². The minimum Gasteiger partial charge on any atom is -0.371 e. The van der Waals surface area contributed by atoms with Crippen molar-refractivity contribution in [3.63, 3.8) is 0 Å². The molecule has 2 aromatic rings. The van der Waals surface area contributed by atoms with E-state index in [1.54, 1.807) is 12.3 Å². The maximum Gasteiger partial charge on any atom is 0.274 e. The first-order chi connectivity index (χ1) is 11.5. The predicted molar refractivity (Wildman–Crippen MR) is 89.2 cm³/mol. The average molecular weight is 331 g/mol. The number of hydrogen-bond donors (Lipinski definition) is 1. The molecule has 0 spiro atoms. The number of aromatic nitrogens is 1. The van der Waals surface area contributed by atoms with Crippen LogP contribution in [0.25, 0.3) is 0 Å². The van der Waals surface area contributed by atoms with Crippen molar-refractivity contribution in [1.82, 2.24) is 4.98 Å². The molecule has 1 aromatic heterocycles. The van der Waals surface area contributed by atoms with Crippen molar-refractivity contribution in [2.24, 2.45) is 5.92 Å². The summed E-state index contributed by atoms with van der Waals surface area (Å²) in [5.41, 5.74) is 1.39. The predicted octanol–water partition coefficient (Wildman–Crippen LogP) is 3.85. The van der Waals surface area contributed by atoms with E-state index in [1.807, 2.05) is 6.07 Å². The van der Waals surface area contributed by atoms with E-state index in [0.29, 0.717) is 5.92 Å². The Hall–Kier alpha value is -2.50. The van der Waals surface area contributed by atoms with Gasteiger partial charge in [0.1, 0.15) is 5.69 Å². The molecule has 1 aliphatic rings. The zero-order valence-electron chi connectivity index (χ0n) is 13.4. The molecule has 1 unspecified atom stereocenters. The highest BCUT2D eigenvalue weighted by Gasteiger charge is 2.18. The standard InChI is InChI=1S/C18H19F2N3O/c1-12-3-2-8-23(11-12)14-6-7-21-17(10-14)18(24)22-13-4-5-15(19)16(20)9-13/h4-7,9-10,12H,2-3,8,11H2,1H3,(H,22,24). The van der Waals surface area contributed by atoms with Gasteiger partial charge in [0.05, 0.1) is 0 Å². The normalized spacial score (nSPS) is 17.6. The first-order valence-corrected chi connectivity index (χ1v) is 8.00. The van der Waals surface area contributed by atoms with Crippen LogP contribution in [0.15, 0.2) is 36.5 Å². The number of nitrogens with one attached hydrogen (secondary N) is 1. The van der Waals surface area contributed by atoms with Gasteiger partial charge in [-0.05, 0) is 43.0 Å². The van der Waals surface area contributed by atoms with Crippen LogP contribution in [0.2, 0.25) is 0 Å². The largest absolute Gasteiger partial charge is 0.371 e. The molecule has 2 heterocycles. The lowest BCUT2D eigenvalue weighted by atomic mass is 10.00. The quantitative estimate of drug-likeness (QED) is 0.929. The number of halogens is 2. The molecule has 1 atom stereocenters. The van der Waals surface area contributed by atoms with Gasteiger partial charge in [-0.15, -0.1) is 0 Å². The van der Waals surface area contributed by atoms with E-state index in [2.05, 4.69) is 22.1 Å². The van der Waals surface area contributed by atoms with E-state index in [0.717, 1.165) is 37.3 Å². The van der Waals surface area contributed by atoms with E-state index in [-0.39, 0.29) is 11.4 Å². The van der Waals surface area contributed by atoms with Gasteiger partial charge in [0.2, 0.25) is 0 Å².